The van der Waals surface area contributed by atoms with Gasteiger partial charge in [0.05, 0.1) is 29.0 Å². The van der Waals surface area contributed by atoms with E-state index >= 15 is 0 Å². The average Bonchev–Trinajstić information content (AvgIpc) is 3.30. The number of benzene rings is 2. The van der Waals surface area contributed by atoms with Gasteiger partial charge in [0.25, 0.3) is 5.91 Å². The van der Waals surface area contributed by atoms with Crippen LogP contribution in [-0.4, -0.2) is 35.9 Å². The van der Waals surface area contributed by atoms with Gasteiger partial charge in [-0.1, -0.05) is 16.5 Å². The lowest BCUT2D eigenvalue weighted by Gasteiger charge is -2.08. The molecule has 0 bridgehead atoms. The first-order valence-corrected chi connectivity index (χ1v) is 9.23. The first-order valence-electron chi connectivity index (χ1n) is 9.23. The van der Waals surface area contributed by atoms with Crippen molar-refractivity contribution in [3.8, 4) is 11.4 Å². The molecule has 2 aromatic heterocycles. The standard InChI is InChI=1S/C21H21N7O/c1-13-5-8-19(11-14(13)2)28-16(4)20(24-26-28)21(29)23-17-6-9-18(10-7-17)27-15(3)12-22-25-27/h5-12H,1-4H3,(H,23,29). The van der Waals surface area contributed by atoms with E-state index in [4.69, 9.17) is 0 Å². The molecule has 0 atom stereocenters. The van der Waals surface area contributed by atoms with Gasteiger partial charge in [0.1, 0.15) is 0 Å². The fourth-order valence-corrected chi connectivity index (χ4v) is 3.06. The normalized spacial score (nSPS) is 10.9. The molecular weight excluding hydrogens is 366 g/mol. The van der Waals surface area contributed by atoms with Crippen LogP contribution in [0, 0.1) is 27.7 Å². The molecule has 8 nitrogen and oxygen atoms in total. The van der Waals surface area contributed by atoms with Crippen molar-refractivity contribution < 1.29 is 4.79 Å². The van der Waals surface area contributed by atoms with Crippen LogP contribution >= 0.6 is 0 Å². The number of hydrogen-bond donors (Lipinski definition) is 1. The smallest absolute Gasteiger partial charge is 0.278 e. The topological polar surface area (TPSA) is 90.5 Å². The van der Waals surface area contributed by atoms with Gasteiger partial charge in [-0.15, -0.1) is 10.2 Å². The van der Waals surface area contributed by atoms with Crippen LogP contribution in [0.2, 0.25) is 0 Å². The zero-order valence-electron chi connectivity index (χ0n) is 16.7. The lowest BCUT2D eigenvalue weighted by atomic mass is 10.1. The number of nitrogens with zero attached hydrogens (tertiary/aromatic N) is 6. The lowest BCUT2D eigenvalue weighted by Crippen LogP contribution is -2.14. The lowest BCUT2D eigenvalue weighted by molar-refractivity contribution is 0.102. The number of aryl methyl sites for hydroxylation is 3. The Morgan fingerprint density at radius 1 is 0.862 bits per heavy atom. The number of carbonyl (C=O) groups is 1. The van der Waals surface area contributed by atoms with Crippen molar-refractivity contribution in [1.82, 2.24) is 30.0 Å². The third-order valence-corrected chi connectivity index (χ3v) is 4.93. The molecule has 0 spiro atoms. The monoisotopic (exact) mass is 387 g/mol. The maximum Gasteiger partial charge on any atom is 0.278 e. The quantitative estimate of drug-likeness (QED) is 0.580. The largest absolute Gasteiger partial charge is 0.321 e. The second-order valence-electron chi connectivity index (χ2n) is 6.99. The third-order valence-electron chi connectivity index (χ3n) is 4.93. The van der Waals surface area contributed by atoms with E-state index in [-0.39, 0.29) is 5.91 Å². The summed E-state index contributed by atoms with van der Waals surface area (Å²) in [5, 5.41) is 19.0. The van der Waals surface area contributed by atoms with Gasteiger partial charge in [0, 0.05) is 5.69 Å². The van der Waals surface area contributed by atoms with Gasteiger partial charge in [-0.2, -0.15) is 0 Å². The van der Waals surface area contributed by atoms with Crippen molar-refractivity contribution in [2.75, 3.05) is 5.32 Å². The number of hydrogen-bond acceptors (Lipinski definition) is 5. The van der Waals surface area contributed by atoms with E-state index in [0.29, 0.717) is 17.1 Å². The number of aromatic nitrogens is 6. The summed E-state index contributed by atoms with van der Waals surface area (Å²) < 4.78 is 3.41. The minimum absolute atomic E-state index is 0.291. The van der Waals surface area contributed by atoms with Gasteiger partial charge in [-0.3, -0.25) is 4.79 Å². The van der Waals surface area contributed by atoms with Crippen LogP contribution in [0.15, 0.2) is 48.7 Å². The van der Waals surface area contributed by atoms with Gasteiger partial charge in [-0.25, -0.2) is 9.36 Å². The first kappa shape index (κ1) is 18.5. The number of carbonyl (C=O) groups excluding carboxylic acids is 1. The first-order chi connectivity index (χ1) is 13.9. The van der Waals surface area contributed by atoms with Crippen molar-refractivity contribution in [3.63, 3.8) is 0 Å². The molecule has 2 aromatic carbocycles. The van der Waals surface area contributed by atoms with Crippen molar-refractivity contribution in [3.05, 3.63) is 76.9 Å². The summed E-state index contributed by atoms with van der Waals surface area (Å²) in [5.74, 6) is -0.303. The molecule has 4 aromatic rings. The van der Waals surface area contributed by atoms with Gasteiger partial charge in [-0.05, 0) is 75.2 Å². The molecular formula is C21H21N7O. The Morgan fingerprint density at radius 3 is 2.24 bits per heavy atom. The molecule has 0 saturated carbocycles. The Labute approximate surface area is 168 Å². The van der Waals surface area contributed by atoms with E-state index in [0.717, 1.165) is 22.6 Å². The molecule has 146 valence electrons. The SMILES string of the molecule is Cc1ccc(-n2nnc(C(=O)Nc3ccc(-n4nncc4C)cc3)c2C)cc1C. The minimum atomic E-state index is -0.303. The highest BCUT2D eigenvalue weighted by atomic mass is 16.2. The van der Waals surface area contributed by atoms with Crippen molar-refractivity contribution in [2.24, 2.45) is 0 Å². The van der Waals surface area contributed by atoms with E-state index in [9.17, 15) is 4.79 Å². The van der Waals surface area contributed by atoms with Crippen LogP contribution < -0.4 is 5.32 Å². The molecule has 29 heavy (non-hydrogen) atoms. The second-order valence-corrected chi connectivity index (χ2v) is 6.99. The van der Waals surface area contributed by atoms with Crippen LogP contribution in [0.5, 0.6) is 0 Å². The maximum absolute atomic E-state index is 12.7. The molecule has 0 unspecified atom stereocenters. The van der Waals surface area contributed by atoms with Gasteiger partial charge >= 0.3 is 0 Å². The Bertz CT molecular complexity index is 1190. The highest BCUT2D eigenvalue weighted by Gasteiger charge is 2.18. The van der Waals surface area contributed by atoms with Crippen LogP contribution in [-0.2, 0) is 0 Å². The zero-order valence-corrected chi connectivity index (χ0v) is 16.7. The van der Waals surface area contributed by atoms with Crippen LogP contribution in [0.4, 0.5) is 5.69 Å². The molecule has 1 amide bonds. The Balaban J connectivity index is 1.54. The van der Waals surface area contributed by atoms with Crippen LogP contribution in [0.3, 0.4) is 0 Å². The number of rotatable bonds is 4. The molecule has 1 N–H and O–H groups in total. The minimum Gasteiger partial charge on any atom is -0.321 e. The number of anilines is 1. The molecule has 0 aliphatic rings. The van der Waals surface area contributed by atoms with Crippen LogP contribution in [0.25, 0.3) is 11.4 Å². The van der Waals surface area contributed by atoms with E-state index in [1.54, 1.807) is 15.6 Å². The maximum atomic E-state index is 12.7. The summed E-state index contributed by atoms with van der Waals surface area (Å²) in [6.45, 7) is 7.86. The van der Waals surface area contributed by atoms with Crippen molar-refractivity contribution in [1.29, 1.82) is 0 Å². The van der Waals surface area contributed by atoms with E-state index in [1.807, 2.05) is 63.2 Å². The average molecular weight is 387 g/mol. The highest BCUT2D eigenvalue weighted by Crippen LogP contribution is 2.18. The summed E-state index contributed by atoms with van der Waals surface area (Å²) in [6, 6.07) is 13.4. The molecule has 0 aliphatic carbocycles. The molecule has 8 heteroatoms. The molecule has 0 fully saturated rings. The molecule has 0 radical (unpaired) electrons. The predicted octanol–water partition coefficient (Wildman–Crippen LogP) is 3.33. The predicted molar refractivity (Wildman–Crippen MR) is 110 cm³/mol. The third kappa shape index (κ3) is 3.52. The Morgan fingerprint density at radius 2 is 1.59 bits per heavy atom. The molecule has 2 heterocycles. The highest BCUT2D eigenvalue weighted by molar-refractivity contribution is 6.03. The van der Waals surface area contributed by atoms with Crippen molar-refractivity contribution in [2.45, 2.75) is 27.7 Å². The van der Waals surface area contributed by atoms with Gasteiger partial charge < -0.3 is 5.32 Å². The summed E-state index contributed by atoms with van der Waals surface area (Å²) in [4.78, 5) is 12.7. The second kappa shape index (κ2) is 7.31. The summed E-state index contributed by atoms with van der Waals surface area (Å²) >= 11 is 0. The fraction of sp³-hybridized carbons (Fsp3) is 0.190. The molecule has 4 rings (SSSR count). The zero-order chi connectivity index (χ0) is 20.5. The van der Waals surface area contributed by atoms with E-state index in [1.165, 1.54) is 5.56 Å². The number of amides is 1. The summed E-state index contributed by atoms with van der Waals surface area (Å²) in [7, 11) is 0. The summed E-state index contributed by atoms with van der Waals surface area (Å²) in [5.41, 5.74) is 6.68. The molecule has 0 aliphatic heterocycles. The fourth-order valence-electron chi connectivity index (χ4n) is 3.06. The van der Waals surface area contributed by atoms with Crippen LogP contribution in [0.1, 0.15) is 33.0 Å². The number of nitrogens with one attached hydrogen (secondary N) is 1. The molecule has 0 saturated heterocycles. The van der Waals surface area contributed by atoms with E-state index < -0.39 is 0 Å². The Hall–Kier alpha value is -3.81. The summed E-state index contributed by atoms with van der Waals surface area (Å²) in [6.07, 6.45) is 1.69. The Kier molecular flexibility index (Phi) is 4.67. The van der Waals surface area contributed by atoms with E-state index in [2.05, 4.69) is 32.9 Å². The van der Waals surface area contributed by atoms with Gasteiger partial charge in [0.15, 0.2) is 5.69 Å². The van der Waals surface area contributed by atoms with Gasteiger partial charge in [0.2, 0.25) is 0 Å². The van der Waals surface area contributed by atoms with Crippen molar-refractivity contribution >= 4 is 11.6 Å².